The molecule has 0 aromatic heterocycles. The summed E-state index contributed by atoms with van der Waals surface area (Å²) in [4.78, 5) is 12.8. The monoisotopic (exact) mass is 528 g/mol. The number of nitriles is 2. The maximum absolute atomic E-state index is 12.8. The van der Waals surface area contributed by atoms with E-state index in [0.29, 0.717) is 29.4 Å². The third-order valence-electron chi connectivity index (χ3n) is 12.4. The first kappa shape index (κ1) is 28.2. The van der Waals surface area contributed by atoms with Gasteiger partial charge >= 0.3 is 5.97 Å². The highest BCUT2D eigenvalue weighted by molar-refractivity contribution is 5.77. The predicted octanol–water partition coefficient (Wildman–Crippen LogP) is 9.30. The lowest BCUT2D eigenvalue weighted by atomic mass is 9.46. The summed E-state index contributed by atoms with van der Waals surface area (Å²) < 4.78 is 0. The van der Waals surface area contributed by atoms with E-state index >= 15 is 0 Å². The van der Waals surface area contributed by atoms with Gasteiger partial charge in [0.15, 0.2) is 0 Å². The fourth-order valence-corrected chi connectivity index (χ4v) is 9.66. The maximum Gasteiger partial charge on any atom is 0.310 e. The van der Waals surface area contributed by atoms with E-state index in [1.54, 1.807) is 0 Å². The van der Waals surface area contributed by atoms with Crippen molar-refractivity contribution in [1.29, 1.82) is 10.5 Å². The molecule has 6 fully saturated rings. The first-order valence-corrected chi connectivity index (χ1v) is 16.0. The van der Waals surface area contributed by atoms with Gasteiger partial charge in [0.2, 0.25) is 0 Å². The number of fused-ring (bicyclic) bond motifs is 6. The summed E-state index contributed by atoms with van der Waals surface area (Å²) in [6.45, 7) is 4.50. The minimum atomic E-state index is -0.807. The number of carboxylic acid groups (broad SMARTS) is 1. The average molecular weight is 529 g/mol. The highest BCUT2D eigenvalue weighted by Gasteiger charge is 2.59. The van der Waals surface area contributed by atoms with Crippen molar-refractivity contribution in [2.45, 2.75) is 147 Å². The highest BCUT2D eigenvalue weighted by Crippen LogP contribution is 2.66. The summed E-state index contributed by atoms with van der Waals surface area (Å²) in [7, 11) is 0. The molecule has 1 aromatic carbocycles. The molecule has 0 aliphatic heterocycles. The van der Waals surface area contributed by atoms with Gasteiger partial charge in [-0.05, 0) is 111 Å². The van der Waals surface area contributed by atoms with Gasteiger partial charge in [0.05, 0.1) is 16.5 Å². The maximum atomic E-state index is 12.8. The number of hydrogen-bond acceptors (Lipinski definition) is 3. The van der Waals surface area contributed by atoms with E-state index in [1.807, 2.05) is 0 Å². The van der Waals surface area contributed by atoms with Gasteiger partial charge in [-0.3, -0.25) is 4.79 Å². The van der Waals surface area contributed by atoms with Crippen molar-refractivity contribution >= 4 is 5.97 Å². The van der Waals surface area contributed by atoms with E-state index in [4.69, 9.17) is 0 Å². The number of nitrogens with zero attached hydrogens (tertiary/aromatic N) is 2. The summed E-state index contributed by atoms with van der Waals surface area (Å²) in [5, 5.41) is 31.5. The van der Waals surface area contributed by atoms with Gasteiger partial charge in [-0.1, -0.05) is 64.5 Å². The van der Waals surface area contributed by atoms with Gasteiger partial charge in [-0.25, -0.2) is 0 Å². The molecule has 1 N–H and O–H groups in total. The minimum Gasteiger partial charge on any atom is -0.481 e. The van der Waals surface area contributed by atoms with Crippen molar-refractivity contribution < 1.29 is 9.90 Å². The standard InChI is InChI=1S/C35H48N2O2/c1-3-5-7-11-32-13-18-34(19-14-32,20-15-32)29-10-9-26(27(24-36)28(29)25-37)30-23-33(12-8-6-4-2)16-21-35(30,22-17-33)31(38)39/h9-10,30H,3-8,11-23H2,1-2H3,(H,38,39). The SMILES string of the molecule is CCCCCC12CCC(c3ccc(C4CC5(CCCCC)CCC4(C(=O)O)CC5)c(C#N)c3C#N)(CC1)CC2. The summed E-state index contributed by atoms with van der Waals surface area (Å²) >= 11 is 0. The van der Waals surface area contributed by atoms with Gasteiger partial charge in [0, 0.05) is 5.92 Å². The fraction of sp³-hybridized carbons (Fsp3) is 0.743. The number of carboxylic acids is 1. The Hall–Kier alpha value is -2.33. The van der Waals surface area contributed by atoms with Gasteiger partial charge in [-0.2, -0.15) is 10.5 Å². The van der Waals surface area contributed by atoms with E-state index in [2.05, 4.69) is 38.1 Å². The molecule has 4 heteroatoms. The highest BCUT2D eigenvalue weighted by atomic mass is 16.4. The lowest BCUT2D eigenvalue weighted by Gasteiger charge is -2.57. The normalized spacial score (nSPS) is 34.9. The summed E-state index contributed by atoms with van der Waals surface area (Å²) in [6.07, 6.45) is 21.2. The third-order valence-corrected chi connectivity index (χ3v) is 12.4. The molecule has 1 aromatic rings. The van der Waals surface area contributed by atoms with Crippen molar-refractivity contribution in [3.8, 4) is 12.1 Å². The van der Waals surface area contributed by atoms with E-state index < -0.39 is 11.4 Å². The summed E-state index contributed by atoms with van der Waals surface area (Å²) in [5.41, 5.74) is 2.82. The topological polar surface area (TPSA) is 84.9 Å². The van der Waals surface area contributed by atoms with Gasteiger partial charge in [0.1, 0.15) is 12.1 Å². The molecule has 0 amide bonds. The van der Waals surface area contributed by atoms with E-state index in [-0.39, 0.29) is 16.7 Å². The predicted molar refractivity (Wildman–Crippen MR) is 154 cm³/mol. The van der Waals surface area contributed by atoms with Crippen LogP contribution >= 0.6 is 0 Å². The largest absolute Gasteiger partial charge is 0.481 e. The van der Waals surface area contributed by atoms with Crippen LogP contribution in [0.15, 0.2) is 12.1 Å². The Morgan fingerprint density at radius 2 is 1.33 bits per heavy atom. The Kier molecular flexibility index (Phi) is 7.90. The fourth-order valence-electron chi connectivity index (χ4n) is 9.66. The zero-order chi connectivity index (χ0) is 27.7. The number of carbonyl (C=O) groups is 1. The number of unbranched alkanes of at least 4 members (excludes halogenated alkanes) is 4. The molecule has 0 radical (unpaired) electrons. The molecule has 6 saturated carbocycles. The molecule has 4 bridgehead atoms. The first-order valence-electron chi connectivity index (χ1n) is 16.0. The van der Waals surface area contributed by atoms with E-state index in [9.17, 15) is 20.4 Å². The molecule has 0 heterocycles. The number of hydrogen-bond donors (Lipinski definition) is 1. The van der Waals surface area contributed by atoms with Crippen molar-refractivity contribution in [2.75, 3.05) is 0 Å². The van der Waals surface area contributed by atoms with Crippen molar-refractivity contribution in [1.82, 2.24) is 0 Å². The van der Waals surface area contributed by atoms with Crippen molar-refractivity contribution in [3.05, 3.63) is 34.4 Å². The van der Waals surface area contributed by atoms with Crippen LogP contribution in [0.5, 0.6) is 0 Å². The van der Waals surface area contributed by atoms with Crippen LogP contribution in [0, 0.1) is 38.9 Å². The second-order valence-electron chi connectivity index (χ2n) is 14.1. The van der Waals surface area contributed by atoms with Crippen molar-refractivity contribution in [3.63, 3.8) is 0 Å². The third kappa shape index (κ3) is 4.71. The van der Waals surface area contributed by atoms with Crippen LogP contribution in [0.2, 0.25) is 0 Å². The van der Waals surface area contributed by atoms with Crippen LogP contribution in [0.3, 0.4) is 0 Å². The lowest BCUT2D eigenvalue weighted by molar-refractivity contribution is -0.162. The lowest BCUT2D eigenvalue weighted by Crippen LogP contribution is -2.51. The molecule has 1 unspecified atom stereocenters. The summed E-state index contributed by atoms with van der Waals surface area (Å²) in [6, 6.07) is 9.19. The van der Waals surface area contributed by atoms with Gasteiger partial charge in [0.25, 0.3) is 0 Å². The van der Waals surface area contributed by atoms with Crippen molar-refractivity contribution in [2.24, 2.45) is 16.2 Å². The molecule has 6 aliphatic rings. The molecular formula is C35H48N2O2. The zero-order valence-electron chi connectivity index (χ0n) is 24.4. The second kappa shape index (κ2) is 10.9. The Bertz CT molecular complexity index is 1140. The Morgan fingerprint density at radius 1 is 0.795 bits per heavy atom. The Morgan fingerprint density at radius 3 is 1.85 bits per heavy atom. The molecule has 7 rings (SSSR count). The van der Waals surface area contributed by atoms with Crippen LogP contribution in [0.4, 0.5) is 0 Å². The molecule has 39 heavy (non-hydrogen) atoms. The minimum absolute atomic E-state index is 0.000863. The molecule has 1 atom stereocenters. The number of aliphatic carboxylic acids is 1. The zero-order valence-corrected chi connectivity index (χ0v) is 24.4. The quantitative estimate of drug-likeness (QED) is 0.290. The Balaban J connectivity index is 1.48. The molecule has 0 spiro atoms. The first-order chi connectivity index (χ1) is 18.8. The molecule has 210 valence electrons. The molecule has 6 aliphatic carbocycles. The Labute approximate surface area is 236 Å². The van der Waals surface area contributed by atoms with Crippen LogP contribution in [-0.2, 0) is 10.2 Å². The van der Waals surface area contributed by atoms with E-state index in [0.717, 1.165) is 56.1 Å². The number of rotatable bonds is 11. The van der Waals surface area contributed by atoms with Gasteiger partial charge in [-0.15, -0.1) is 0 Å². The second-order valence-corrected chi connectivity index (χ2v) is 14.1. The van der Waals surface area contributed by atoms with Crippen LogP contribution in [0.25, 0.3) is 0 Å². The molecular weight excluding hydrogens is 480 g/mol. The van der Waals surface area contributed by atoms with Crippen LogP contribution < -0.4 is 0 Å². The van der Waals surface area contributed by atoms with E-state index in [1.165, 1.54) is 64.2 Å². The smallest absolute Gasteiger partial charge is 0.310 e. The van der Waals surface area contributed by atoms with Crippen LogP contribution in [-0.4, -0.2) is 11.1 Å². The number of benzene rings is 1. The molecule has 4 nitrogen and oxygen atoms in total. The molecule has 0 saturated heterocycles. The van der Waals surface area contributed by atoms with Crippen LogP contribution in [0.1, 0.15) is 164 Å². The summed E-state index contributed by atoms with van der Waals surface area (Å²) in [5.74, 6) is -0.894. The van der Waals surface area contributed by atoms with Gasteiger partial charge < -0.3 is 5.11 Å². The average Bonchev–Trinajstić information content (AvgIpc) is 2.98.